The molecule has 0 radical (unpaired) electrons. The first-order chi connectivity index (χ1) is 4.84. The molecule has 1 saturated heterocycles. The molecule has 0 amide bonds. The standard InChI is InChI=1S/C7H15NOS/c1-8(3-4-9)7-2-5-10-6-7/h7,9H,2-6H2,1H3. The predicted octanol–water partition coefficient (Wildman–Crippen LogP) is 0.416. The zero-order chi connectivity index (χ0) is 7.40. The van der Waals surface area contributed by atoms with Gasteiger partial charge in [-0.2, -0.15) is 11.8 Å². The average molecular weight is 161 g/mol. The Hall–Kier alpha value is 0.270. The number of hydrogen-bond acceptors (Lipinski definition) is 3. The SMILES string of the molecule is CN(CCO)C1CCSC1. The molecule has 0 aromatic heterocycles. The van der Waals surface area contributed by atoms with E-state index in [4.69, 9.17) is 5.11 Å². The lowest BCUT2D eigenvalue weighted by atomic mass is 10.2. The summed E-state index contributed by atoms with van der Waals surface area (Å²) in [6.07, 6.45) is 1.29. The van der Waals surface area contributed by atoms with Crippen molar-refractivity contribution in [3.8, 4) is 0 Å². The molecule has 0 aromatic carbocycles. The highest BCUT2D eigenvalue weighted by Gasteiger charge is 2.18. The van der Waals surface area contributed by atoms with E-state index in [-0.39, 0.29) is 6.61 Å². The maximum absolute atomic E-state index is 8.65. The largest absolute Gasteiger partial charge is 0.395 e. The number of nitrogens with zero attached hydrogens (tertiary/aromatic N) is 1. The molecule has 1 fully saturated rings. The molecule has 2 nitrogen and oxygen atoms in total. The molecule has 10 heavy (non-hydrogen) atoms. The van der Waals surface area contributed by atoms with Crippen LogP contribution in [-0.4, -0.2) is 47.8 Å². The molecular formula is C7H15NOS. The van der Waals surface area contributed by atoms with Crippen LogP contribution in [0.2, 0.25) is 0 Å². The molecule has 0 aliphatic carbocycles. The molecule has 1 aliphatic rings. The van der Waals surface area contributed by atoms with E-state index in [0.29, 0.717) is 0 Å². The van der Waals surface area contributed by atoms with Crippen molar-refractivity contribution in [2.45, 2.75) is 12.5 Å². The van der Waals surface area contributed by atoms with E-state index in [0.717, 1.165) is 12.6 Å². The molecule has 1 heterocycles. The quantitative estimate of drug-likeness (QED) is 0.649. The summed E-state index contributed by atoms with van der Waals surface area (Å²) < 4.78 is 0. The van der Waals surface area contributed by atoms with Crippen molar-refractivity contribution in [3.05, 3.63) is 0 Å². The summed E-state index contributed by atoms with van der Waals surface area (Å²) in [6.45, 7) is 1.11. The van der Waals surface area contributed by atoms with E-state index in [9.17, 15) is 0 Å². The maximum Gasteiger partial charge on any atom is 0.0558 e. The Labute approximate surface area is 66.6 Å². The Balaban J connectivity index is 2.18. The number of thioether (sulfide) groups is 1. The number of aliphatic hydroxyl groups is 1. The summed E-state index contributed by atoms with van der Waals surface area (Å²) >= 11 is 2.01. The highest BCUT2D eigenvalue weighted by Crippen LogP contribution is 2.20. The topological polar surface area (TPSA) is 23.5 Å². The normalized spacial score (nSPS) is 26.1. The van der Waals surface area contributed by atoms with Gasteiger partial charge in [-0.15, -0.1) is 0 Å². The molecule has 1 unspecified atom stereocenters. The minimum absolute atomic E-state index is 0.289. The Morgan fingerprint density at radius 1 is 1.70 bits per heavy atom. The van der Waals surface area contributed by atoms with Crippen LogP contribution in [0, 0.1) is 0 Å². The van der Waals surface area contributed by atoms with E-state index < -0.39 is 0 Å². The smallest absolute Gasteiger partial charge is 0.0558 e. The van der Waals surface area contributed by atoms with Gasteiger partial charge in [-0.25, -0.2) is 0 Å². The summed E-state index contributed by atoms with van der Waals surface area (Å²) in [5, 5.41) is 8.65. The summed E-state index contributed by atoms with van der Waals surface area (Å²) in [6, 6.07) is 0.720. The van der Waals surface area contributed by atoms with Gasteiger partial charge in [-0.05, 0) is 19.2 Å². The molecule has 1 rings (SSSR count). The number of rotatable bonds is 3. The van der Waals surface area contributed by atoms with Gasteiger partial charge in [0.25, 0.3) is 0 Å². The lowest BCUT2D eigenvalue weighted by molar-refractivity contribution is 0.190. The first-order valence-electron chi connectivity index (χ1n) is 3.73. The zero-order valence-electron chi connectivity index (χ0n) is 6.42. The second-order valence-electron chi connectivity index (χ2n) is 2.72. The van der Waals surface area contributed by atoms with E-state index in [2.05, 4.69) is 11.9 Å². The van der Waals surface area contributed by atoms with Gasteiger partial charge >= 0.3 is 0 Å². The number of likely N-dealkylation sites (N-methyl/N-ethyl adjacent to an activating group) is 1. The minimum Gasteiger partial charge on any atom is -0.395 e. The van der Waals surface area contributed by atoms with Crippen molar-refractivity contribution in [3.63, 3.8) is 0 Å². The first kappa shape index (κ1) is 8.37. The molecule has 1 N–H and O–H groups in total. The molecular weight excluding hydrogens is 146 g/mol. The van der Waals surface area contributed by atoms with Crippen molar-refractivity contribution < 1.29 is 5.11 Å². The van der Waals surface area contributed by atoms with E-state index in [1.165, 1.54) is 17.9 Å². The molecule has 60 valence electrons. The van der Waals surface area contributed by atoms with Gasteiger partial charge in [0.05, 0.1) is 6.61 Å². The van der Waals surface area contributed by atoms with Crippen LogP contribution in [0.5, 0.6) is 0 Å². The second-order valence-corrected chi connectivity index (χ2v) is 3.87. The van der Waals surface area contributed by atoms with Gasteiger partial charge in [0.2, 0.25) is 0 Å². The number of hydrogen-bond donors (Lipinski definition) is 1. The van der Waals surface area contributed by atoms with Crippen molar-refractivity contribution in [1.82, 2.24) is 4.90 Å². The summed E-state index contributed by atoms with van der Waals surface area (Å²) in [7, 11) is 2.09. The van der Waals surface area contributed by atoms with Crippen LogP contribution >= 0.6 is 11.8 Å². The van der Waals surface area contributed by atoms with Crippen molar-refractivity contribution in [2.24, 2.45) is 0 Å². The van der Waals surface area contributed by atoms with Crippen LogP contribution < -0.4 is 0 Å². The Morgan fingerprint density at radius 2 is 2.50 bits per heavy atom. The van der Waals surface area contributed by atoms with Crippen LogP contribution in [0.25, 0.3) is 0 Å². The van der Waals surface area contributed by atoms with Crippen LogP contribution in [0.4, 0.5) is 0 Å². The Morgan fingerprint density at radius 3 is 3.00 bits per heavy atom. The third kappa shape index (κ3) is 2.15. The van der Waals surface area contributed by atoms with Crippen molar-refractivity contribution in [2.75, 3.05) is 31.7 Å². The first-order valence-corrected chi connectivity index (χ1v) is 4.89. The highest BCUT2D eigenvalue weighted by atomic mass is 32.2. The van der Waals surface area contributed by atoms with E-state index in [1.54, 1.807) is 0 Å². The fourth-order valence-corrected chi connectivity index (χ4v) is 2.51. The minimum atomic E-state index is 0.289. The van der Waals surface area contributed by atoms with E-state index in [1.807, 2.05) is 11.8 Å². The third-order valence-corrected chi connectivity index (χ3v) is 3.13. The van der Waals surface area contributed by atoms with E-state index >= 15 is 0 Å². The molecule has 0 saturated carbocycles. The lowest BCUT2D eigenvalue weighted by Gasteiger charge is -2.21. The lowest BCUT2D eigenvalue weighted by Crippen LogP contribution is -2.33. The fraction of sp³-hybridized carbons (Fsp3) is 1.00. The third-order valence-electron chi connectivity index (χ3n) is 1.98. The Kier molecular flexibility index (Phi) is 3.52. The zero-order valence-corrected chi connectivity index (χ0v) is 7.23. The Bertz CT molecular complexity index is 93.6. The summed E-state index contributed by atoms with van der Waals surface area (Å²) in [5.74, 6) is 2.54. The monoisotopic (exact) mass is 161 g/mol. The molecule has 0 aromatic rings. The van der Waals surface area contributed by atoms with Gasteiger partial charge in [0.15, 0.2) is 0 Å². The maximum atomic E-state index is 8.65. The molecule has 1 aliphatic heterocycles. The average Bonchev–Trinajstić information content (AvgIpc) is 2.38. The van der Waals surface area contributed by atoms with Gasteiger partial charge in [-0.3, -0.25) is 0 Å². The van der Waals surface area contributed by atoms with Crippen LogP contribution in [0.15, 0.2) is 0 Å². The fourth-order valence-electron chi connectivity index (χ4n) is 1.21. The highest BCUT2D eigenvalue weighted by molar-refractivity contribution is 7.99. The summed E-state index contributed by atoms with van der Waals surface area (Å²) in [4.78, 5) is 2.25. The molecule has 3 heteroatoms. The van der Waals surface area contributed by atoms with Gasteiger partial charge in [0, 0.05) is 18.3 Å². The molecule has 0 bridgehead atoms. The number of aliphatic hydroxyl groups excluding tert-OH is 1. The molecule has 1 atom stereocenters. The van der Waals surface area contributed by atoms with Crippen molar-refractivity contribution in [1.29, 1.82) is 0 Å². The van der Waals surface area contributed by atoms with Crippen LogP contribution in [0.1, 0.15) is 6.42 Å². The van der Waals surface area contributed by atoms with Gasteiger partial charge in [0.1, 0.15) is 0 Å². The van der Waals surface area contributed by atoms with Crippen molar-refractivity contribution >= 4 is 11.8 Å². The predicted molar refractivity (Wildman–Crippen MR) is 45.4 cm³/mol. The van der Waals surface area contributed by atoms with Gasteiger partial charge < -0.3 is 10.0 Å². The second kappa shape index (κ2) is 4.21. The molecule has 0 spiro atoms. The van der Waals surface area contributed by atoms with Crippen LogP contribution in [0.3, 0.4) is 0 Å². The van der Waals surface area contributed by atoms with Gasteiger partial charge in [-0.1, -0.05) is 0 Å². The van der Waals surface area contributed by atoms with Crippen LogP contribution in [-0.2, 0) is 0 Å². The summed E-state index contributed by atoms with van der Waals surface area (Å²) in [5.41, 5.74) is 0.